The van der Waals surface area contributed by atoms with Crippen LogP contribution >= 0.6 is 11.6 Å². The maximum absolute atomic E-state index is 10.6. The summed E-state index contributed by atoms with van der Waals surface area (Å²) in [6.07, 6.45) is 0.610. The molecule has 20 heavy (non-hydrogen) atoms. The third-order valence-corrected chi connectivity index (χ3v) is 3.72. The van der Waals surface area contributed by atoms with E-state index in [1.807, 2.05) is 25.1 Å². The lowest BCUT2D eigenvalue weighted by Crippen LogP contribution is -2.14. The maximum atomic E-state index is 10.6. The third-order valence-electron chi connectivity index (χ3n) is 3.31. The topological polar surface area (TPSA) is 69.2 Å². The summed E-state index contributed by atoms with van der Waals surface area (Å²) in [7, 11) is 0. The highest BCUT2D eigenvalue weighted by Crippen LogP contribution is 2.25. The Labute approximate surface area is 122 Å². The molecule has 2 aromatic carbocycles. The number of halogens is 1. The zero-order chi connectivity index (χ0) is 14.7. The average Bonchev–Trinajstić information content (AvgIpc) is 2.42. The van der Waals surface area contributed by atoms with Crippen LogP contribution in [0.15, 0.2) is 42.5 Å². The summed E-state index contributed by atoms with van der Waals surface area (Å²) in [6, 6.07) is 11.9. The van der Waals surface area contributed by atoms with Gasteiger partial charge in [0.1, 0.15) is 0 Å². The van der Waals surface area contributed by atoms with Crippen LogP contribution < -0.4 is 5.73 Å². The fourth-order valence-electron chi connectivity index (χ4n) is 2.14. The molecule has 4 nitrogen and oxygen atoms in total. The minimum absolute atomic E-state index is 0.0845. The van der Waals surface area contributed by atoms with Crippen LogP contribution in [0.3, 0.4) is 0 Å². The molecular weight excluding hydrogens is 276 g/mol. The number of nitro benzene ring substituents is 1. The predicted molar refractivity (Wildman–Crippen MR) is 79.9 cm³/mol. The van der Waals surface area contributed by atoms with Crippen LogP contribution in [-0.2, 0) is 6.42 Å². The first-order valence-corrected chi connectivity index (χ1v) is 6.60. The Kier molecular flexibility index (Phi) is 4.37. The number of non-ortho nitro benzene ring substituents is 1. The monoisotopic (exact) mass is 290 g/mol. The van der Waals surface area contributed by atoms with E-state index in [2.05, 4.69) is 0 Å². The zero-order valence-corrected chi connectivity index (χ0v) is 11.8. The largest absolute Gasteiger partial charge is 0.324 e. The summed E-state index contributed by atoms with van der Waals surface area (Å²) in [4.78, 5) is 10.2. The summed E-state index contributed by atoms with van der Waals surface area (Å²) in [6.45, 7) is 1.94. The Hall–Kier alpha value is -1.91. The molecule has 2 rings (SSSR count). The van der Waals surface area contributed by atoms with E-state index in [0.717, 1.165) is 16.7 Å². The van der Waals surface area contributed by atoms with Gasteiger partial charge in [0.2, 0.25) is 0 Å². The first-order valence-electron chi connectivity index (χ1n) is 6.23. The van der Waals surface area contributed by atoms with E-state index in [-0.39, 0.29) is 11.7 Å². The molecule has 0 fully saturated rings. The Morgan fingerprint density at radius 1 is 1.25 bits per heavy atom. The van der Waals surface area contributed by atoms with Crippen molar-refractivity contribution in [1.82, 2.24) is 0 Å². The highest BCUT2D eigenvalue weighted by atomic mass is 35.5. The number of rotatable bonds is 4. The van der Waals surface area contributed by atoms with Crippen molar-refractivity contribution in [3.05, 3.63) is 74.3 Å². The van der Waals surface area contributed by atoms with Gasteiger partial charge < -0.3 is 5.73 Å². The van der Waals surface area contributed by atoms with Gasteiger partial charge in [-0.1, -0.05) is 35.9 Å². The fourth-order valence-corrected chi connectivity index (χ4v) is 2.33. The van der Waals surface area contributed by atoms with Crippen LogP contribution in [0.1, 0.15) is 22.7 Å². The smallest absolute Gasteiger partial charge is 0.269 e. The third kappa shape index (κ3) is 3.15. The molecule has 2 aromatic rings. The molecule has 0 aromatic heterocycles. The van der Waals surface area contributed by atoms with Crippen LogP contribution in [0, 0.1) is 17.0 Å². The number of hydrogen-bond acceptors (Lipinski definition) is 3. The molecule has 0 amide bonds. The minimum atomic E-state index is -0.412. The molecule has 0 saturated carbocycles. The van der Waals surface area contributed by atoms with Crippen LogP contribution in [0.2, 0.25) is 5.02 Å². The van der Waals surface area contributed by atoms with Crippen LogP contribution in [0.25, 0.3) is 0 Å². The second-order valence-electron chi connectivity index (χ2n) is 4.69. The zero-order valence-electron chi connectivity index (χ0n) is 11.0. The molecule has 0 aliphatic carbocycles. The van der Waals surface area contributed by atoms with Crippen molar-refractivity contribution in [1.29, 1.82) is 0 Å². The van der Waals surface area contributed by atoms with Crippen molar-refractivity contribution in [2.24, 2.45) is 5.73 Å². The molecule has 0 radical (unpaired) electrons. The highest BCUT2D eigenvalue weighted by Gasteiger charge is 2.12. The fraction of sp³-hybridized carbons (Fsp3) is 0.200. The second-order valence-corrected chi connectivity index (χ2v) is 5.10. The molecule has 0 spiro atoms. The molecule has 5 heteroatoms. The predicted octanol–water partition coefficient (Wildman–Crippen LogP) is 3.80. The number of hydrogen-bond donors (Lipinski definition) is 1. The van der Waals surface area contributed by atoms with E-state index in [1.165, 1.54) is 12.1 Å². The van der Waals surface area contributed by atoms with Gasteiger partial charge in [0.15, 0.2) is 0 Å². The maximum Gasteiger partial charge on any atom is 0.269 e. The summed E-state index contributed by atoms with van der Waals surface area (Å²) in [5.74, 6) is 0. The molecule has 0 aliphatic rings. The van der Waals surface area contributed by atoms with Crippen molar-refractivity contribution in [3.8, 4) is 0 Å². The second kappa shape index (κ2) is 6.03. The molecule has 0 bridgehead atoms. The van der Waals surface area contributed by atoms with Gasteiger partial charge in [0, 0.05) is 23.2 Å². The Balaban J connectivity index is 2.17. The minimum Gasteiger partial charge on any atom is -0.324 e. The van der Waals surface area contributed by atoms with Crippen molar-refractivity contribution in [2.75, 3.05) is 0 Å². The van der Waals surface area contributed by atoms with Gasteiger partial charge in [-0.25, -0.2) is 0 Å². The van der Waals surface area contributed by atoms with E-state index in [0.29, 0.717) is 11.4 Å². The molecular formula is C15H15ClN2O2. The molecule has 0 heterocycles. The lowest BCUT2D eigenvalue weighted by molar-refractivity contribution is -0.384. The lowest BCUT2D eigenvalue weighted by Gasteiger charge is -2.15. The van der Waals surface area contributed by atoms with Gasteiger partial charge in [-0.15, -0.1) is 0 Å². The quantitative estimate of drug-likeness (QED) is 0.688. The number of nitrogens with two attached hydrogens (primary N) is 1. The number of nitro groups is 1. The molecule has 104 valence electrons. The first kappa shape index (κ1) is 14.5. The van der Waals surface area contributed by atoms with Gasteiger partial charge in [0.05, 0.1) is 4.92 Å². The molecule has 0 aliphatic heterocycles. The van der Waals surface area contributed by atoms with Gasteiger partial charge in [-0.3, -0.25) is 10.1 Å². The molecule has 2 N–H and O–H groups in total. The van der Waals surface area contributed by atoms with Crippen LogP contribution in [0.5, 0.6) is 0 Å². The molecule has 0 saturated heterocycles. The normalized spacial score (nSPS) is 12.2. The van der Waals surface area contributed by atoms with Crippen molar-refractivity contribution in [2.45, 2.75) is 19.4 Å². The summed E-state index contributed by atoms with van der Waals surface area (Å²) >= 11 is 6.09. The van der Waals surface area contributed by atoms with E-state index in [9.17, 15) is 10.1 Å². The molecule has 1 unspecified atom stereocenters. The first-order chi connectivity index (χ1) is 9.49. The van der Waals surface area contributed by atoms with Crippen LogP contribution in [0.4, 0.5) is 5.69 Å². The SMILES string of the molecule is Cc1c(Cl)cccc1C(N)Cc1ccc([N+](=O)[O-])cc1. The van der Waals surface area contributed by atoms with E-state index >= 15 is 0 Å². The van der Waals surface area contributed by atoms with E-state index in [1.54, 1.807) is 12.1 Å². The Morgan fingerprint density at radius 2 is 1.90 bits per heavy atom. The van der Waals surface area contributed by atoms with Crippen molar-refractivity contribution >= 4 is 17.3 Å². The van der Waals surface area contributed by atoms with Crippen molar-refractivity contribution < 1.29 is 4.92 Å². The van der Waals surface area contributed by atoms with Gasteiger partial charge in [0.25, 0.3) is 5.69 Å². The summed E-state index contributed by atoms with van der Waals surface area (Å²) in [5.41, 5.74) is 9.22. The highest BCUT2D eigenvalue weighted by molar-refractivity contribution is 6.31. The van der Waals surface area contributed by atoms with Gasteiger partial charge >= 0.3 is 0 Å². The van der Waals surface area contributed by atoms with E-state index in [4.69, 9.17) is 17.3 Å². The lowest BCUT2D eigenvalue weighted by atomic mass is 9.96. The summed E-state index contributed by atoms with van der Waals surface area (Å²) in [5, 5.41) is 11.3. The van der Waals surface area contributed by atoms with Crippen molar-refractivity contribution in [3.63, 3.8) is 0 Å². The van der Waals surface area contributed by atoms with Gasteiger partial charge in [-0.05, 0) is 36.1 Å². The van der Waals surface area contributed by atoms with E-state index < -0.39 is 4.92 Å². The Morgan fingerprint density at radius 3 is 2.50 bits per heavy atom. The van der Waals surface area contributed by atoms with Gasteiger partial charge in [-0.2, -0.15) is 0 Å². The Bertz CT molecular complexity index is 626. The number of benzene rings is 2. The standard InChI is InChI=1S/C15H15ClN2O2/c1-10-13(3-2-4-14(10)16)15(17)9-11-5-7-12(8-6-11)18(19)20/h2-8,15H,9,17H2,1H3. The molecule has 1 atom stereocenters. The summed E-state index contributed by atoms with van der Waals surface area (Å²) < 4.78 is 0. The number of nitrogens with zero attached hydrogens (tertiary/aromatic N) is 1. The van der Waals surface area contributed by atoms with Crippen LogP contribution in [-0.4, -0.2) is 4.92 Å². The average molecular weight is 291 g/mol.